The minimum absolute atomic E-state index is 0.0248. The summed E-state index contributed by atoms with van der Waals surface area (Å²) < 4.78 is 58.9. The van der Waals surface area contributed by atoms with Crippen molar-refractivity contribution in [1.29, 1.82) is 0 Å². The van der Waals surface area contributed by atoms with Gasteiger partial charge in [0.1, 0.15) is 0 Å². The first-order chi connectivity index (χ1) is 7.12. The number of hydrogen-bond donors (Lipinski definition) is 1. The van der Waals surface area contributed by atoms with Crippen LogP contribution in [0.25, 0.3) is 0 Å². The lowest BCUT2D eigenvalue weighted by molar-refractivity contribution is -0.106. The highest BCUT2D eigenvalue weighted by atomic mass is 79.9. The van der Waals surface area contributed by atoms with Crippen LogP contribution in [0.5, 0.6) is 0 Å². The highest BCUT2D eigenvalue weighted by molar-refractivity contribution is 9.10. The minimum atomic E-state index is -4.76. The van der Waals surface area contributed by atoms with Crippen molar-refractivity contribution in [2.75, 3.05) is 11.5 Å². The largest absolute Gasteiger partial charge is 0.403 e. The van der Waals surface area contributed by atoms with Crippen LogP contribution >= 0.6 is 15.9 Å². The van der Waals surface area contributed by atoms with Crippen LogP contribution in [0.15, 0.2) is 27.6 Å². The molecule has 0 aliphatic rings. The molecule has 8 heteroatoms. The van der Waals surface area contributed by atoms with E-state index < -0.39 is 26.7 Å². The van der Waals surface area contributed by atoms with Crippen LogP contribution in [-0.2, 0) is 9.84 Å². The van der Waals surface area contributed by atoms with E-state index >= 15 is 0 Å². The standard InChI is InChI=1S/C8H7BrF3NO2S/c9-6-3-5(13)1-2-7(6)16(14,15)4-8(10,11)12/h1-3H,4,13H2. The molecule has 0 aliphatic carbocycles. The zero-order valence-corrected chi connectivity index (χ0v) is 10.2. The highest BCUT2D eigenvalue weighted by Gasteiger charge is 2.36. The summed E-state index contributed by atoms with van der Waals surface area (Å²) in [5.41, 5.74) is 5.61. The summed E-state index contributed by atoms with van der Waals surface area (Å²) in [7, 11) is -4.39. The summed E-state index contributed by atoms with van der Waals surface area (Å²) in [4.78, 5) is -0.418. The Morgan fingerprint density at radius 1 is 1.31 bits per heavy atom. The van der Waals surface area contributed by atoms with Gasteiger partial charge in [0.25, 0.3) is 0 Å². The first-order valence-corrected chi connectivity index (χ1v) is 6.41. The van der Waals surface area contributed by atoms with Crippen molar-refractivity contribution >= 4 is 31.5 Å². The molecule has 1 aromatic rings. The van der Waals surface area contributed by atoms with Crippen LogP contribution < -0.4 is 5.73 Å². The fourth-order valence-electron chi connectivity index (χ4n) is 1.06. The zero-order valence-electron chi connectivity index (χ0n) is 7.75. The fraction of sp³-hybridized carbons (Fsp3) is 0.250. The van der Waals surface area contributed by atoms with Gasteiger partial charge in [0.2, 0.25) is 0 Å². The molecule has 0 spiro atoms. The van der Waals surface area contributed by atoms with Crippen molar-refractivity contribution in [1.82, 2.24) is 0 Å². The Balaban J connectivity index is 3.18. The van der Waals surface area contributed by atoms with E-state index in [2.05, 4.69) is 15.9 Å². The smallest absolute Gasteiger partial charge is 0.399 e. The Morgan fingerprint density at radius 2 is 1.88 bits per heavy atom. The summed E-state index contributed by atoms with van der Waals surface area (Å²) in [6.07, 6.45) is -4.76. The number of alkyl halides is 3. The Morgan fingerprint density at radius 3 is 2.31 bits per heavy atom. The molecule has 2 N–H and O–H groups in total. The molecule has 0 aromatic heterocycles. The molecule has 90 valence electrons. The number of anilines is 1. The average Bonchev–Trinajstić information content (AvgIpc) is 1.97. The molecule has 0 radical (unpaired) electrons. The molecule has 0 atom stereocenters. The van der Waals surface area contributed by atoms with E-state index in [0.717, 1.165) is 6.07 Å². The van der Waals surface area contributed by atoms with E-state index in [-0.39, 0.29) is 10.2 Å². The van der Waals surface area contributed by atoms with Gasteiger partial charge in [0.15, 0.2) is 15.6 Å². The van der Waals surface area contributed by atoms with Crippen LogP contribution in [-0.4, -0.2) is 20.3 Å². The zero-order chi connectivity index (χ0) is 12.6. The lowest BCUT2D eigenvalue weighted by Crippen LogP contribution is -2.23. The van der Waals surface area contributed by atoms with Crippen molar-refractivity contribution in [2.24, 2.45) is 0 Å². The minimum Gasteiger partial charge on any atom is -0.399 e. The molecule has 16 heavy (non-hydrogen) atoms. The van der Waals surface area contributed by atoms with Gasteiger partial charge in [0.05, 0.1) is 4.90 Å². The van der Waals surface area contributed by atoms with Crippen molar-refractivity contribution in [2.45, 2.75) is 11.1 Å². The Kier molecular flexibility index (Phi) is 3.53. The summed E-state index contributed by atoms with van der Waals surface area (Å²) >= 11 is 2.86. The van der Waals surface area contributed by atoms with Crippen LogP contribution in [0.1, 0.15) is 0 Å². The van der Waals surface area contributed by atoms with Gasteiger partial charge in [-0.25, -0.2) is 8.42 Å². The lowest BCUT2D eigenvalue weighted by atomic mass is 10.3. The molecule has 0 saturated carbocycles. The number of halogens is 4. The monoisotopic (exact) mass is 317 g/mol. The maximum absolute atomic E-state index is 12.0. The van der Waals surface area contributed by atoms with Gasteiger partial charge in [0, 0.05) is 10.2 Å². The molecule has 0 heterocycles. The van der Waals surface area contributed by atoms with Crippen LogP contribution in [0.2, 0.25) is 0 Å². The van der Waals surface area contributed by atoms with Gasteiger partial charge in [-0.2, -0.15) is 13.2 Å². The highest BCUT2D eigenvalue weighted by Crippen LogP contribution is 2.28. The van der Waals surface area contributed by atoms with Gasteiger partial charge < -0.3 is 5.73 Å². The topological polar surface area (TPSA) is 60.2 Å². The Labute approximate surface area is 98.5 Å². The third-order valence-electron chi connectivity index (χ3n) is 1.64. The van der Waals surface area contributed by atoms with Crippen molar-refractivity contribution in [3.63, 3.8) is 0 Å². The van der Waals surface area contributed by atoms with Crippen LogP contribution in [0, 0.1) is 0 Å². The maximum atomic E-state index is 12.0. The third kappa shape index (κ3) is 3.38. The van der Waals surface area contributed by atoms with Crippen molar-refractivity contribution < 1.29 is 21.6 Å². The number of hydrogen-bond acceptors (Lipinski definition) is 3. The molecule has 0 amide bonds. The summed E-state index contributed by atoms with van der Waals surface area (Å²) in [6.45, 7) is 0. The number of benzene rings is 1. The van der Waals surface area contributed by atoms with E-state index in [1.807, 2.05) is 0 Å². The third-order valence-corrected chi connectivity index (χ3v) is 4.30. The second-order valence-corrected chi connectivity index (χ2v) is 5.88. The van der Waals surface area contributed by atoms with Gasteiger partial charge in [-0.15, -0.1) is 0 Å². The summed E-state index contributed by atoms with van der Waals surface area (Å²) in [5.74, 6) is -1.89. The molecule has 0 unspecified atom stereocenters. The van der Waals surface area contributed by atoms with E-state index in [4.69, 9.17) is 5.73 Å². The van der Waals surface area contributed by atoms with Crippen molar-refractivity contribution in [3.8, 4) is 0 Å². The molecular formula is C8H7BrF3NO2S. The second kappa shape index (κ2) is 4.25. The van der Waals surface area contributed by atoms with Gasteiger partial charge in [-0.3, -0.25) is 0 Å². The van der Waals surface area contributed by atoms with E-state index in [0.29, 0.717) is 0 Å². The van der Waals surface area contributed by atoms with Crippen LogP contribution in [0.4, 0.5) is 18.9 Å². The number of nitrogen functional groups attached to an aromatic ring is 1. The number of sulfone groups is 1. The maximum Gasteiger partial charge on any atom is 0.403 e. The summed E-state index contributed by atoms with van der Waals surface area (Å²) in [6, 6.07) is 3.51. The second-order valence-electron chi connectivity index (χ2n) is 3.06. The Hall–Kier alpha value is -0.760. The molecule has 3 nitrogen and oxygen atoms in total. The predicted octanol–water partition coefficient (Wildman–Crippen LogP) is 2.37. The number of nitrogens with two attached hydrogens (primary N) is 1. The molecule has 0 saturated heterocycles. The normalized spacial score (nSPS) is 12.8. The molecule has 0 aliphatic heterocycles. The quantitative estimate of drug-likeness (QED) is 0.852. The van der Waals surface area contributed by atoms with Crippen molar-refractivity contribution in [3.05, 3.63) is 22.7 Å². The van der Waals surface area contributed by atoms with E-state index in [1.165, 1.54) is 12.1 Å². The van der Waals surface area contributed by atoms with Gasteiger partial charge in [-0.05, 0) is 34.1 Å². The number of rotatable bonds is 2. The van der Waals surface area contributed by atoms with E-state index in [9.17, 15) is 21.6 Å². The average molecular weight is 318 g/mol. The van der Waals surface area contributed by atoms with Gasteiger partial charge >= 0.3 is 6.18 Å². The molecule has 0 fully saturated rings. The Bertz CT molecular complexity index is 498. The molecular weight excluding hydrogens is 311 g/mol. The summed E-state index contributed by atoms with van der Waals surface area (Å²) in [5, 5.41) is 0. The fourth-order valence-corrected chi connectivity index (χ4v) is 3.42. The van der Waals surface area contributed by atoms with E-state index in [1.54, 1.807) is 0 Å². The first kappa shape index (κ1) is 13.3. The first-order valence-electron chi connectivity index (χ1n) is 3.96. The SMILES string of the molecule is Nc1ccc(S(=O)(=O)CC(F)(F)F)c(Br)c1. The van der Waals surface area contributed by atoms with Crippen LogP contribution in [0.3, 0.4) is 0 Å². The van der Waals surface area contributed by atoms with Gasteiger partial charge in [-0.1, -0.05) is 0 Å². The predicted molar refractivity (Wildman–Crippen MR) is 56.7 cm³/mol. The molecule has 0 bridgehead atoms. The molecule has 1 rings (SSSR count). The molecule has 1 aromatic carbocycles. The lowest BCUT2D eigenvalue weighted by Gasteiger charge is -2.09.